The van der Waals surface area contributed by atoms with Crippen molar-refractivity contribution < 1.29 is 4.42 Å². The van der Waals surface area contributed by atoms with Crippen LogP contribution in [0.5, 0.6) is 0 Å². The van der Waals surface area contributed by atoms with Crippen LogP contribution in [0.25, 0.3) is 88.0 Å². The summed E-state index contributed by atoms with van der Waals surface area (Å²) in [5.74, 6) is 0.851. The Bertz CT molecular complexity index is 2770. The van der Waals surface area contributed by atoms with Gasteiger partial charge in [-0.2, -0.15) is 0 Å². The first-order valence-corrected chi connectivity index (χ1v) is 16.9. The fourth-order valence-corrected chi connectivity index (χ4v) is 7.56. The van der Waals surface area contributed by atoms with Crippen LogP contribution in [-0.2, 0) is 0 Å². The SMILES string of the molecule is C1=CCC(c2nc(-c3ccccc3)nc3c2oc2ccc(-c4cccc(-c5ccc6c7ccccc7c7ccccc7c6c5)c4)cc23)C=C1. The molecule has 230 valence electrons. The van der Waals surface area contributed by atoms with Crippen LogP contribution >= 0.6 is 0 Å². The van der Waals surface area contributed by atoms with E-state index in [2.05, 4.69) is 146 Å². The number of hydrogen-bond acceptors (Lipinski definition) is 3. The van der Waals surface area contributed by atoms with Crippen molar-refractivity contribution in [1.82, 2.24) is 9.97 Å². The Kier molecular flexibility index (Phi) is 6.31. The second kappa shape index (κ2) is 11.1. The molecule has 7 aromatic carbocycles. The van der Waals surface area contributed by atoms with Gasteiger partial charge in [0, 0.05) is 16.9 Å². The lowest BCUT2D eigenvalue weighted by molar-refractivity contribution is 0.649. The highest BCUT2D eigenvalue weighted by Gasteiger charge is 2.22. The topological polar surface area (TPSA) is 38.9 Å². The van der Waals surface area contributed by atoms with E-state index in [0.717, 1.165) is 56.7 Å². The van der Waals surface area contributed by atoms with E-state index in [1.807, 2.05) is 18.2 Å². The Labute approximate surface area is 283 Å². The van der Waals surface area contributed by atoms with E-state index < -0.39 is 0 Å². The summed E-state index contributed by atoms with van der Waals surface area (Å²) < 4.78 is 6.54. The second-order valence-corrected chi connectivity index (χ2v) is 12.9. The van der Waals surface area contributed by atoms with Crippen LogP contribution in [-0.4, -0.2) is 9.97 Å². The fourth-order valence-electron chi connectivity index (χ4n) is 7.56. The van der Waals surface area contributed by atoms with Gasteiger partial charge in [0.15, 0.2) is 11.4 Å². The Morgan fingerprint density at radius 1 is 0.469 bits per heavy atom. The molecule has 9 aromatic rings. The summed E-state index contributed by atoms with van der Waals surface area (Å²) in [5, 5.41) is 8.70. The molecule has 0 saturated carbocycles. The van der Waals surface area contributed by atoms with Crippen molar-refractivity contribution in [3.8, 4) is 33.6 Å². The van der Waals surface area contributed by atoms with Gasteiger partial charge in [-0.05, 0) is 85.3 Å². The van der Waals surface area contributed by atoms with Gasteiger partial charge >= 0.3 is 0 Å². The van der Waals surface area contributed by atoms with Crippen LogP contribution in [0.2, 0.25) is 0 Å². The highest BCUT2D eigenvalue weighted by atomic mass is 16.3. The summed E-state index contributed by atoms with van der Waals surface area (Å²) >= 11 is 0. The molecule has 49 heavy (non-hydrogen) atoms. The predicted molar refractivity (Wildman–Crippen MR) is 204 cm³/mol. The van der Waals surface area contributed by atoms with Gasteiger partial charge < -0.3 is 4.42 Å². The number of allylic oxidation sites excluding steroid dienone is 4. The molecule has 1 unspecified atom stereocenters. The molecule has 0 aliphatic heterocycles. The standard InChI is InChI=1S/C46H30N2O/c1-3-12-29(13-4-1)43-45-44(48-46(47-43)30-14-5-2-6-15-30)41-28-34(23-25-42(41)49-45)32-17-11-16-31(26-32)33-22-24-39-37-20-8-7-18-35(37)36-19-9-10-21-38(36)40(39)27-33/h1-12,14-29H,13H2. The molecule has 1 aliphatic rings. The molecule has 3 heteroatoms. The minimum absolute atomic E-state index is 0.131. The second-order valence-electron chi connectivity index (χ2n) is 12.9. The van der Waals surface area contributed by atoms with Crippen LogP contribution in [0, 0.1) is 0 Å². The van der Waals surface area contributed by atoms with Gasteiger partial charge in [-0.1, -0.05) is 140 Å². The summed E-state index contributed by atoms with van der Waals surface area (Å²) in [6, 6.07) is 49.9. The average Bonchev–Trinajstić information content (AvgIpc) is 3.56. The van der Waals surface area contributed by atoms with Gasteiger partial charge in [-0.3, -0.25) is 0 Å². The molecule has 10 rings (SSSR count). The van der Waals surface area contributed by atoms with Crippen LogP contribution in [0.15, 0.2) is 168 Å². The molecule has 0 amide bonds. The maximum Gasteiger partial charge on any atom is 0.176 e. The fraction of sp³-hybridized carbons (Fsp3) is 0.0435. The summed E-state index contributed by atoms with van der Waals surface area (Å²) in [5.41, 5.74) is 9.02. The number of fused-ring (bicyclic) bond motifs is 9. The van der Waals surface area contributed by atoms with Crippen LogP contribution < -0.4 is 0 Å². The summed E-state index contributed by atoms with van der Waals surface area (Å²) in [4.78, 5) is 10.2. The van der Waals surface area contributed by atoms with E-state index in [9.17, 15) is 0 Å². The Hall–Kier alpha value is -6.32. The molecule has 0 spiro atoms. The molecule has 0 radical (unpaired) electrons. The number of furan rings is 1. The van der Waals surface area contributed by atoms with Crippen molar-refractivity contribution in [2.75, 3.05) is 0 Å². The zero-order valence-electron chi connectivity index (χ0n) is 26.7. The molecule has 0 bridgehead atoms. The lowest BCUT2D eigenvalue weighted by Crippen LogP contribution is -2.03. The number of benzene rings is 7. The molecule has 0 saturated heterocycles. The molecule has 1 aliphatic carbocycles. The number of hydrogen-bond donors (Lipinski definition) is 0. The van der Waals surface area contributed by atoms with Crippen molar-refractivity contribution in [1.29, 1.82) is 0 Å². The number of aromatic nitrogens is 2. The molecule has 1 atom stereocenters. The third kappa shape index (κ3) is 4.58. The average molecular weight is 627 g/mol. The summed E-state index contributed by atoms with van der Waals surface area (Å²) in [7, 11) is 0. The maximum atomic E-state index is 6.54. The van der Waals surface area contributed by atoms with Gasteiger partial charge in [0.25, 0.3) is 0 Å². The van der Waals surface area contributed by atoms with Crippen LogP contribution in [0.1, 0.15) is 18.0 Å². The van der Waals surface area contributed by atoms with E-state index in [1.165, 1.54) is 43.4 Å². The van der Waals surface area contributed by atoms with Crippen LogP contribution in [0.3, 0.4) is 0 Å². The minimum Gasteiger partial charge on any atom is -0.452 e. The maximum absolute atomic E-state index is 6.54. The Morgan fingerprint density at radius 2 is 1.06 bits per heavy atom. The predicted octanol–water partition coefficient (Wildman–Crippen LogP) is 12.4. The molecule has 0 fully saturated rings. The molecule has 2 heterocycles. The quantitative estimate of drug-likeness (QED) is 0.182. The number of nitrogens with zero attached hydrogens (tertiary/aromatic N) is 2. The summed E-state index contributed by atoms with van der Waals surface area (Å²) in [6.45, 7) is 0. The first kappa shape index (κ1) is 27.8. The molecular formula is C46H30N2O. The van der Waals surface area contributed by atoms with E-state index in [0.29, 0.717) is 0 Å². The van der Waals surface area contributed by atoms with E-state index in [4.69, 9.17) is 14.4 Å². The Morgan fingerprint density at radius 3 is 1.76 bits per heavy atom. The molecule has 2 aromatic heterocycles. The lowest BCUT2D eigenvalue weighted by Gasteiger charge is -2.14. The zero-order chi connectivity index (χ0) is 32.3. The van der Waals surface area contributed by atoms with E-state index >= 15 is 0 Å². The van der Waals surface area contributed by atoms with Gasteiger partial charge in [-0.15, -0.1) is 0 Å². The Balaban J connectivity index is 1.12. The molecule has 0 N–H and O–H groups in total. The van der Waals surface area contributed by atoms with Gasteiger partial charge in [0.1, 0.15) is 11.1 Å². The first-order valence-electron chi connectivity index (χ1n) is 16.9. The van der Waals surface area contributed by atoms with Crippen molar-refractivity contribution in [2.24, 2.45) is 0 Å². The molecule has 3 nitrogen and oxygen atoms in total. The van der Waals surface area contributed by atoms with Gasteiger partial charge in [0.2, 0.25) is 0 Å². The smallest absolute Gasteiger partial charge is 0.176 e. The number of rotatable bonds is 4. The third-order valence-corrected chi connectivity index (χ3v) is 9.98. The van der Waals surface area contributed by atoms with Gasteiger partial charge in [0.05, 0.1) is 5.69 Å². The van der Waals surface area contributed by atoms with Crippen molar-refractivity contribution in [3.63, 3.8) is 0 Å². The summed E-state index contributed by atoms with van der Waals surface area (Å²) in [6.07, 6.45) is 9.46. The minimum atomic E-state index is 0.131. The largest absolute Gasteiger partial charge is 0.452 e. The van der Waals surface area contributed by atoms with E-state index in [-0.39, 0.29) is 5.92 Å². The van der Waals surface area contributed by atoms with Crippen molar-refractivity contribution in [3.05, 3.63) is 170 Å². The lowest BCUT2D eigenvalue weighted by atomic mass is 9.91. The zero-order valence-corrected chi connectivity index (χ0v) is 26.7. The van der Waals surface area contributed by atoms with Gasteiger partial charge in [-0.25, -0.2) is 9.97 Å². The highest BCUT2D eigenvalue weighted by Crippen LogP contribution is 2.40. The normalized spacial score (nSPS) is 14.5. The van der Waals surface area contributed by atoms with Crippen LogP contribution in [0.4, 0.5) is 0 Å². The molecular weight excluding hydrogens is 597 g/mol. The monoisotopic (exact) mass is 626 g/mol. The highest BCUT2D eigenvalue weighted by molar-refractivity contribution is 6.25. The van der Waals surface area contributed by atoms with E-state index in [1.54, 1.807) is 0 Å². The third-order valence-electron chi connectivity index (χ3n) is 9.98. The first-order chi connectivity index (χ1) is 24.3. The van der Waals surface area contributed by atoms with Crippen molar-refractivity contribution >= 4 is 54.4 Å². The van der Waals surface area contributed by atoms with Crippen molar-refractivity contribution in [2.45, 2.75) is 12.3 Å².